The normalized spacial score (nSPS) is 17.1. The molecule has 0 saturated carbocycles. The van der Waals surface area contributed by atoms with Crippen LogP contribution in [0, 0.1) is 24.2 Å². The van der Waals surface area contributed by atoms with Crippen LogP contribution in [0.1, 0.15) is 47.6 Å². The number of pyridine rings is 1. The summed E-state index contributed by atoms with van der Waals surface area (Å²) in [6, 6.07) is 22.5. The third-order valence-corrected chi connectivity index (χ3v) is 9.15. The zero-order chi connectivity index (χ0) is 28.2. The number of piperidine rings is 1. The van der Waals surface area contributed by atoms with Crippen LogP contribution in [0.4, 0.5) is 5.82 Å². The van der Waals surface area contributed by atoms with Crippen LogP contribution in [0.3, 0.4) is 0 Å². The second-order valence-electron chi connectivity index (χ2n) is 10.3. The number of nitriles is 1. The Kier molecular flexibility index (Phi) is 8.53. The van der Waals surface area contributed by atoms with Crippen LogP contribution in [0.5, 0.6) is 0 Å². The smallest absolute Gasteiger partial charge is 0.270 e. The van der Waals surface area contributed by atoms with Gasteiger partial charge in [-0.2, -0.15) is 5.26 Å². The highest BCUT2D eigenvalue weighted by Gasteiger charge is 2.34. The van der Waals surface area contributed by atoms with Gasteiger partial charge in [0.05, 0.1) is 11.4 Å². The van der Waals surface area contributed by atoms with Crippen LogP contribution in [-0.4, -0.2) is 32.8 Å². The Morgan fingerprint density at radius 3 is 2.25 bits per heavy atom. The number of benzene rings is 2. The average molecular weight is 569 g/mol. The van der Waals surface area contributed by atoms with Crippen molar-refractivity contribution in [1.29, 1.82) is 5.26 Å². The summed E-state index contributed by atoms with van der Waals surface area (Å²) < 4.78 is 2.20. The molecule has 0 aliphatic carbocycles. The molecule has 2 aliphatic rings. The van der Waals surface area contributed by atoms with Gasteiger partial charge in [0.25, 0.3) is 11.5 Å². The Morgan fingerprint density at radius 1 is 1.02 bits per heavy atom. The highest BCUT2D eigenvalue weighted by atomic mass is 32.2. The number of rotatable bonds is 7. The summed E-state index contributed by atoms with van der Waals surface area (Å²) in [5.41, 5.74) is 3.54. The summed E-state index contributed by atoms with van der Waals surface area (Å²) in [4.78, 5) is 31.3. The number of nitrogens with zero attached hydrogens (tertiary/aromatic N) is 4. The maximum Gasteiger partial charge on any atom is 0.270 e. The Hall–Kier alpha value is -3.67. The van der Waals surface area contributed by atoms with Gasteiger partial charge in [0.2, 0.25) is 0 Å². The molecule has 3 aromatic rings. The van der Waals surface area contributed by atoms with Gasteiger partial charge in [0, 0.05) is 25.2 Å². The number of carbonyl (C=O) groups excluding carboxylic acids is 1. The van der Waals surface area contributed by atoms with E-state index in [1.54, 1.807) is 9.47 Å². The van der Waals surface area contributed by atoms with Crippen molar-refractivity contribution in [3.8, 4) is 6.07 Å². The van der Waals surface area contributed by atoms with E-state index in [4.69, 9.17) is 12.2 Å². The molecule has 0 radical (unpaired) electrons. The van der Waals surface area contributed by atoms with E-state index >= 15 is 0 Å². The first-order valence-electron chi connectivity index (χ1n) is 13.7. The molecule has 0 spiro atoms. The van der Waals surface area contributed by atoms with E-state index in [9.17, 15) is 14.9 Å². The number of hydrogen-bond donors (Lipinski definition) is 0. The van der Waals surface area contributed by atoms with Crippen molar-refractivity contribution < 1.29 is 4.79 Å². The van der Waals surface area contributed by atoms with Crippen LogP contribution in [0.2, 0.25) is 0 Å². The summed E-state index contributed by atoms with van der Waals surface area (Å²) in [6.45, 7) is 6.18. The molecular weight excluding hydrogens is 537 g/mol. The van der Waals surface area contributed by atoms with Gasteiger partial charge in [-0.05, 0) is 61.8 Å². The first kappa shape index (κ1) is 27.9. The number of hydrogen-bond acceptors (Lipinski definition) is 6. The molecule has 2 fully saturated rings. The number of thioether (sulfide) groups is 1. The van der Waals surface area contributed by atoms with Crippen molar-refractivity contribution in [2.24, 2.45) is 5.92 Å². The first-order chi connectivity index (χ1) is 19.4. The van der Waals surface area contributed by atoms with E-state index < -0.39 is 0 Å². The van der Waals surface area contributed by atoms with Crippen LogP contribution in [0.25, 0.3) is 6.08 Å². The Morgan fingerprint density at radius 2 is 1.65 bits per heavy atom. The summed E-state index contributed by atoms with van der Waals surface area (Å²) in [6.07, 6.45) is 4.89. The summed E-state index contributed by atoms with van der Waals surface area (Å²) in [7, 11) is 0. The third kappa shape index (κ3) is 5.63. The summed E-state index contributed by atoms with van der Waals surface area (Å²) >= 11 is 6.87. The monoisotopic (exact) mass is 568 g/mol. The van der Waals surface area contributed by atoms with Gasteiger partial charge < -0.3 is 4.90 Å². The van der Waals surface area contributed by atoms with Crippen LogP contribution in [-0.2, 0) is 24.3 Å². The minimum absolute atomic E-state index is 0.121. The van der Waals surface area contributed by atoms with Gasteiger partial charge >= 0.3 is 0 Å². The Bertz CT molecular complexity index is 1550. The molecule has 1 aromatic heterocycles. The maximum atomic E-state index is 13.5. The standard InChI is InChI=1S/C32H32N4O2S2/c1-3-35-29(34-16-14-24(15-17-34)18-23-10-6-4-7-11-23)26(22(2)27(20-33)30(35)37)19-28-31(38)36(32(39)40-28)21-25-12-8-5-9-13-25/h4-13,19,24H,3,14-18,21H2,1-2H3. The van der Waals surface area contributed by atoms with Crippen LogP contribution in [0.15, 0.2) is 70.4 Å². The highest BCUT2D eigenvalue weighted by molar-refractivity contribution is 8.26. The molecule has 5 rings (SSSR count). The van der Waals surface area contributed by atoms with E-state index in [0.717, 1.165) is 49.3 Å². The van der Waals surface area contributed by atoms with E-state index in [1.165, 1.54) is 17.3 Å². The van der Waals surface area contributed by atoms with E-state index in [1.807, 2.05) is 56.3 Å². The predicted octanol–water partition coefficient (Wildman–Crippen LogP) is 5.91. The number of anilines is 1. The fourth-order valence-electron chi connectivity index (χ4n) is 5.61. The molecule has 204 valence electrons. The van der Waals surface area contributed by atoms with E-state index in [-0.39, 0.29) is 17.0 Å². The molecule has 2 aromatic carbocycles. The average Bonchev–Trinajstić information content (AvgIpc) is 3.23. The minimum atomic E-state index is -0.280. The molecule has 40 heavy (non-hydrogen) atoms. The number of carbonyl (C=O) groups is 1. The zero-order valence-corrected chi connectivity index (χ0v) is 24.4. The van der Waals surface area contributed by atoms with Gasteiger partial charge in [-0.25, -0.2) is 0 Å². The van der Waals surface area contributed by atoms with E-state index in [2.05, 4.69) is 35.2 Å². The molecular formula is C32H32N4O2S2. The fraction of sp³-hybridized carbons (Fsp3) is 0.312. The number of thiocarbonyl (C=S) groups is 1. The molecule has 0 bridgehead atoms. The lowest BCUT2D eigenvalue weighted by Crippen LogP contribution is -2.39. The van der Waals surface area contributed by atoms with Crippen molar-refractivity contribution in [3.05, 3.63) is 104 Å². The topological polar surface area (TPSA) is 69.3 Å². The van der Waals surface area contributed by atoms with Crippen molar-refractivity contribution in [2.75, 3.05) is 18.0 Å². The van der Waals surface area contributed by atoms with Crippen LogP contribution < -0.4 is 10.5 Å². The minimum Gasteiger partial charge on any atom is -0.357 e. The van der Waals surface area contributed by atoms with Crippen molar-refractivity contribution in [3.63, 3.8) is 0 Å². The predicted molar refractivity (Wildman–Crippen MR) is 166 cm³/mol. The van der Waals surface area contributed by atoms with Crippen molar-refractivity contribution in [1.82, 2.24) is 9.47 Å². The first-order valence-corrected chi connectivity index (χ1v) is 14.9. The maximum absolute atomic E-state index is 13.5. The quantitative estimate of drug-likeness (QED) is 0.261. The molecule has 0 atom stereocenters. The lowest BCUT2D eigenvalue weighted by molar-refractivity contribution is -0.122. The summed E-state index contributed by atoms with van der Waals surface area (Å²) in [5, 5.41) is 9.88. The molecule has 1 amide bonds. The number of amides is 1. The van der Waals surface area contributed by atoms with Crippen molar-refractivity contribution >= 4 is 46.1 Å². The second kappa shape index (κ2) is 12.2. The van der Waals surface area contributed by atoms with Gasteiger partial charge in [-0.1, -0.05) is 84.6 Å². The Labute approximate surface area is 244 Å². The zero-order valence-electron chi connectivity index (χ0n) is 22.8. The molecule has 3 heterocycles. The summed E-state index contributed by atoms with van der Waals surface area (Å²) in [5.74, 6) is 1.20. The largest absolute Gasteiger partial charge is 0.357 e. The second-order valence-corrected chi connectivity index (χ2v) is 11.9. The molecule has 2 aliphatic heterocycles. The molecule has 8 heteroatoms. The molecule has 2 saturated heterocycles. The number of aromatic nitrogens is 1. The SMILES string of the molecule is CCn1c(N2CCC(Cc3ccccc3)CC2)c(C=C2SC(=S)N(Cc3ccccc3)C2=O)c(C)c(C#N)c1=O. The molecule has 0 N–H and O–H groups in total. The molecule has 6 nitrogen and oxygen atoms in total. The highest BCUT2D eigenvalue weighted by Crippen LogP contribution is 2.37. The van der Waals surface area contributed by atoms with Crippen molar-refractivity contribution in [2.45, 2.75) is 46.2 Å². The fourth-order valence-corrected chi connectivity index (χ4v) is 6.84. The van der Waals surface area contributed by atoms with Gasteiger partial charge in [0.1, 0.15) is 21.8 Å². The lowest BCUT2D eigenvalue weighted by atomic mass is 9.90. The van der Waals surface area contributed by atoms with E-state index in [0.29, 0.717) is 33.8 Å². The van der Waals surface area contributed by atoms with Gasteiger partial charge in [0.15, 0.2) is 0 Å². The van der Waals surface area contributed by atoms with Gasteiger partial charge in [-0.15, -0.1) is 0 Å². The molecule has 0 unspecified atom stereocenters. The Balaban J connectivity index is 1.48. The van der Waals surface area contributed by atoms with Crippen LogP contribution >= 0.6 is 24.0 Å². The lowest BCUT2D eigenvalue weighted by Gasteiger charge is -2.36. The third-order valence-electron chi connectivity index (χ3n) is 7.78. The van der Waals surface area contributed by atoms with Gasteiger partial charge in [-0.3, -0.25) is 19.1 Å².